The number of hydrogen-bond acceptors (Lipinski definition) is 6. The van der Waals surface area contributed by atoms with Crippen molar-refractivity contribution in [2.75, 3.05) is 0 Å². The van der Waals surface area contributed by atoms with Crippen LogP contribution in [0.15, 0.2) is 56.7 Å². The number of alkyl halides is 3. The number of rotatable bonds is 1. The fourth-order valence-corrected chi connectivity index (χ4v) is 4.35. The van der Waals surface area contributed by atoms with Gasteiger partial charge in [-0.05, 0) is 30.3 Å². The highest BCUT2D eigenvalue weighted by Gasteiger charge is 2.39. The quantitative estimate of drug-likeness (QED) is 0.504. The fraction of sp³-hybridized carbons (Fsp3) is 0.0625. The van der Waals surface area contributed by atoms with Gasteiger partial charge in [0.2, 0.25) is 15.7 Å². The van der Waals surface area contributed by atoms with Crippen LogP contribution in [-0.4, -0.2) is 24.4 Å². The second-order valence-corrected chi connectivity index (χ2v) is 7.34. The molecule has 1 aliphatic rings. The Morgan fingerprint density at radius 3 is 2.31 bits per heavy atom. The van der Waals surface area contributed by atoms with Crippen LogP contribution < -0.4 is 0 Å². The van der Waals surface area contributed by atoms with Gasteiger partial charge in [0.15, 0.2) is 5.78 Å². The van der Waals surface area contributed by atoms with E-state index in [9.17, 15) is 26.4 Å². The van der Waals surface area contributed by atoms with Crippen LogP contribution in [0.1, 0.15) is 21.8 Å². The smallest absolute Gasteiger partial charge is 0.413 e. The van der Waals surface area contributed by atoms with Gasteiger partial charge in [-0.1, -0.05) is 12.1 Å². The predicted octanol–water partition coefficient (Wildman–Crippen LogP) is 3.13. The lowest BCUT2D eigenvalue weighted by molar-refractivity contribution is -0.156. The van der Waals surface area contributed by atoms with Crippen molar-refractivity contribution >= 4 is 15.6 Å². The number of carbonyl (C=O) groups is 1. The number of nitrogens with zero attached hydrogens (tertiary/aromatic N) is 2. The topological polar surface area (TPSA) is 90.1 Å². The maximum atomic E-state index is 12.8. The van der Waals surface area contributed by atoms with Crippen LogP contribution >= 0.6 is 0 Å². The standard InChI is InChI=1S/C16H7F3N2O4S/c17-16(18,19)15-21-20-14(25-15)8-5-6-10-12(7-8)26(23,24)11-4-2-1-3-9(11)13(10)22/h1-7H. The molecule has 0 spiro atoms. The van der Waals surface area contributed by atoms with E-state index in [4.69, 9.17) is 0 Å². The van der Waals surface area contributed by atoms with E-state index in [-0.39, 0.29) is 26.5 Å². The molecule has 0 bridgehead atoms. The van der Waals surface area contributed by atoms with E-state index in [1.165, 1.54) is 30.3 Å². The third kappa shape index (κ3) is 2.33. The minimum Gasteiger partial charge on any atom is -0.413 e. The number of ketones is 1. The number of benzene rings is 2. The number of fused-ring (bicyclic) bond motifs is 2. The summed E-state index contributed by atoms with van der Waals surface area (Å²) in [6.45, 7) is 0. The van der Waals surface area contributed by atoms with Crippen LogP contribution in [0.2, 0.25) is 0 Å². The molecule has 0 unspecified atom stereocenters. The average molecular weight is 380 g/mol. The number of halogens is 3. The number of sulfone groups is 1. The second-order valence-electron chi connectivity index (χ2n) is 5.45. The van der Waals surface area contributed by atoms with Gasteiger partial charge in [0.05, 0.1) is 9.79 Å². The van der Waals surface area contributed by atoms with E-state index in [0.717, 1.165) is 6.07 Å². The first-order chi connectivity index (χ1) is 12.2. The molecule has 2 aromatic carbocycles. The Morgan fingerprint density at radius 2 is 1.62 bits per heavy atom. The van der Waals surface area contributed by atoms with Gasteiger partial charge in [0, 0.05) is 16.7 Å². The summed E-state index contributed by atoms with van der Waals surface area (Å²) in [7, 11) is -4.02. The van der Waals surface area contributed by atoms with E-state index in [1.807, 2.05) is 0 Å². The van der Waals surface area contributed by atoms with Crippen LogP contribution in [0.5, 0.6) is 0 Å². The first-order valence-electron chi connectivity index (χ1n) is 7.13. The van der Waals surface area contributed by atoms with Gasteiger partial charge < -0.3 is 4.42 Å². The summed E-state index contributed by atoms with van der Waals surface area (Å²) in [5.41, 5.74) is -0.0598. The fourth-order valence-electron chi connectivity index (χ4n) is 2.67. The Bertz CT molecular complexity index is 1170. The Labute approximate surface area is 144 Å². The van der Waals surface area contributed by atoms with E-state index in [2.05, 4.69) is 14.6 Å². The summed E-state index contributed by atoms with van der Waals surface area (Å²) in [5.74, 6) is -2.53. The molecule has 0 fully saturated rings. The third-order valence-corrected chi connectivity index (χ3v) is 5.70. The molecule has 3 aromatic rings. The molecule has 1 aliphatic heterocycles. The maximum absolute atomic E-state index is 12.8. The van der Waals surface area contributed by atoms with Gasteiger partial charge in [-0.15, -0.1) is 10.2 Å². The summed E-state index contributed by atoms with van der Waals surface area (Å²) in [6, 6.07) is 9.26. The molecule has 1 aromatic heterocycles. The van der Waals surface area contributed by atoms with Crippen LogP contribution in [0.4, 0.5) is 13.2 Å². The van der Waals surface area contributed by atoms with Crippen molar-refractivity contribution in [1.82, 2.24) is 10.2 Å². The molecule has 0 amide bonds. The summed E-state index contributed by atoms with van der Waals surface area (Å²) >= 11 is 0. The second kappa shape index (κ2) is 5.24. The van der Waals surface area contributed by atoms with E-state index >= 15 is 0 Å². The van der Waals surface area contributed by atoms with E-state index in [1.54, 1.807) is 6.07 Å². The minimum absolute atomic E-state index is 0.0393. The molecule has 132 valence electrons. The molecule has 10 heteroatoms. The molecule has 0 radical (unpaired) electrons. The van der Waals surface area contributed by atoms with Gasteiger partial charge >= 0.3 is 12.1 Å². The van der Waals surface area contributed by atoms with Gasteiger partial charge in [-0.2, -0.15) is 13.2 Å². The van der Waals surface area contributed by atoms with Crippen molar-refractivity contribution in [3.63, 3.8) is 0 Å². The van der Waals surface area contributed by atoms with Crippen LogP contribution in [0, 0.1) is 0 Å². The average Bonchev–Trinajstić information content (AvgIpc) is 3.10. The lowest BCUT2D eigenvalue weighted by Crippen LogP contribution is -2.20. The molecule has 0 atom stereocenters. The molecular weight excluding hydrogens is 373 g/mol. The molecule has 6 nitrogen and oxygen atoms in total. The zero-order valence-electron chi connectivity index (χ0n) is 12.6. The van der Waals surface area contributed by atoms with E-state index < -0.39 is 33.6 Å². The molecule has 0 saturated heterocycles. The first kappa shape index (κ1) is 16.5. The zero-order valence-corrected chi connectivity index (χ0v) is 13.4. The summed E-state index contributed by atoms with van der Waals surface area (Å²) in [6.07, 6.45) is -4.82. The Hall–Kier alpha value is -3.01. The molecular formula is C16H7F3N2O4S. The molecule has 26 heavy (non-hydrogen) atoms. The molecule has 2 heterocycles. The minimum atomic E-state index is -4.82. The normalized spacial score (nSPS) is 15.4. The summed E-state index contributed by atoms with van der Waals surface area (Å²) in [5, 5.41) is 6.20. The Balaban J connectivity index is 1.89. The highest BCUT2D eigenvalue weighted by molar-refractivity contribution is 7.91. The van der Waals surface area contributed by atoms with Gasteiger partial charge in [-0.25, -0.2) is 8.42 Å². The van der Waals surface area contributed by atoms with Crippen molar-refractivity contribution in [3.05, 3.63) is 59.5 Å². The number of hydrogen-bond donors (Lipinski definition) is 0. The van der Waals surface area contributed by atoms with Crippen molar-refractivity contribution in [2.24, 2.45) is 0 Å². The predicted molar refractivity (Wildman–Crippen MR) is 80.1 cm³/mol. The van der Waals surface area contributed by atoms with Gasteiger partial charge in [0.25, 0.3) is 0 Å². The highest BCUT2D eigenvalue weighted by Crippen LogP contribution is 2.37. The monoisotopic (exact) mass is 380 g/mol. The lowest BCUT2D eigenvalue weighted by atomic mass is 10.0. The largest absolute Gasteiger partial charge is 0.470 e. The van der Waals surface area contributed by atoms with Crippen LogP contribution in [-0.2, 0) is 16.0 Å². The molecule has 0 saturated carbocycles. The first-order valence-corrected chi connectivity index (χ1v) is 8.62. The third-order valence-electron chi connectivity index (χ3n) is 3.85. The van der Waals surface area contributed by atoms with Gasteiger partial charge in [0.1, 0.15) is 0 Å². The van der Waals surface area contributed by atoms with Crippen LogP contribution in [0.25, 0.3) is 11.5 Å². The van der Waals surface area contributed by atoms with Crippen molar-refractivity contribution in [1.29, 1.82) is 0 Å². The maximum Gasteiger partial charge on any atom is 0.470 e. The van der Waals surface area contributed by atoms with Crippen molar-refractivity contribution < 1.29 is 30.8 Å². The SMILES string of the molecule is O=C1c2ccccc2S(=O)(=O)c2cc(-c3nnc(C(F)(F)F)o3)ccc21. The molecule has 0 N–H and O–H groups in total. The summed E-state index contributed by atoms with van der Waals surface area (Å²) in [4.78, 5) is 12.0. The number of aromatic nitrogens is 2. The molecule has 0 aliphatic carbocycles. The van der Waals surface area contributed by atoms with E-state index in [0.29, 0.717) is 0 Å². The zero-order chi connectivity index (χ0) is 18.7. The van der Waals surface area contributed by atoms with Gasteiger partial charge in [-0.3, -0.25) is 4.79 Å². The highest BCUT2D eigenvalue weighted by atomic mass is 32.2. The van der Waals surface area contributed by atoms with Crippen molar-refractivity contribution in [3.8, 4) is 11.5 Å². The summed E-state index contributed by atoms with van der Waals surface area (Å²) < 4.78 is 67.9. The lowest BCUT2D eigenvalue weighted by Gasteiger charge is -2.18. The number of carbonyl (C=O) groups excluding carboxylic acids is 1. The van der Waals surface area contributed by atoms with Crippen molar-refractivity contribution in [2.45, 2.75) is 16.0 Å². The Kier molecular flexibility index (Phi) is 3.32. The molecule has 4 rings (SSSR count). The van der Waals surface area contributed by atoms with Crippen LogP contribution in [0.3, 0.4) is 0 Å². The Morgan fingerprint density at radius 1 is 0.923 bits per heavy atom.